The summed E-state index contributed by atoms with van der Waals surface area (Å²) in [6, 6.07) is 0. The molecule has 0 amide bonds. The predicted molar refractivity (Wildman–Crippen MR) is 30.4 cm³/mol. The molecule has 2 N–H and O–H groups in total. The number of aliphatic hydroxyl groups is 1. The Morgan fingerprint density at radius 1 is 1.50 bits per heavy atom. The van der Waals surface area contributed by atoms with Crippen LogP contribution in [0, 0.1) is 0 Å². The van der Waals surface area contributed by atoms with Crippen LogP contribution in [0.4, 0.5) is 0 Å². The van der Waals surface area contributed by atoms with Crippen molar-refractivity contribution in [3.05, 3.63) is 0 Å². The van der Waals surface area contributed by atoms with E-state index in [9.17, 15) is 8.42 Å². The fourth-order valence-electron chi connectivity index (χ4n) is 0. The molecule has 0 fully saturated rings. The zero-order valence-corrected chi connectivity index (χ0v) is 4.51. The van der Waals surface area contributed by atoms with E-state index in [-0.39, 0.29) is 51.4 Å². The second-order valence-corrected chi connectivity index (χ2v) is 2.83. The van der Waals surface area contributed by atoms with Gasteiger partial charge in [0.2, 0.25) is 0 Å². The normalized spacial score (nSPS) is 14.4. The molecule has 0 spiro atoms. The first-order valence-corrected chi connectivity index (χ1v) is 3.09. The third-order valence-corrected chi connectivity index (χ3v) is 1.29. The maximum absolute atomic E-state index is 9.64. The predicted octanol–water partition coefficient (Wildman–Crippen LogP) is -1.44. The van der Waals surface area contributed by atoms with E-state index in [0.29, 0.717) is 0 Å². The van der Waals surface area contributed by atoms with Crippen molar-refractivity contribution >= 4 is 61.5 Å². The summed E-state index contributed by atoms with van der Waals surface area (Å²) in [5.41, 5.74) is -1.67. The van der Waals surface area contributed by atoms with Gasteiger partial charge in [-0.3, -0.25) is 4.55 Å². The van der Waals surface area contributed by atoms with E-state index in [1.54, 1.807) is 0 Å². The van der Waals surface area contributed by atoms with Crippen molar-refractivity contribution in [1.82, 2.24) is 0 Å². The van der Waals surface area contributed by atoms with Crippen LogP contribution in [0.2, 0.25) is 0 Å². The van der Waals surface area contributed by atoms with Gasteiger partial charge in [0.15, 0.2) is 5.44 Å². The Hall–Kier alpha value is 1.51. The second-order valence-electron chi connectivity index (χ2n) is 1.11. The number of rotatable bonds is 1. The van der Waals surface area contributed by atoms with Crippen LogP contribution in [0.1, 0.15) is 6.92 Å². The molecule has 0 aromatic carbocycles. The molecule has 1 unspecified atom stereocenters. The number of hydrogen-bond acceptors (Lipinski definition) is 3. The van der Waals surface area contributed by atoms with E-state index in [0.717, 1.165) is 6.92 Å². The Labute approximate surface area is 90.4 Å². The molecule has 6 heteroatoms. The van der Waals surface area contributed by atoms with Crippen molar-refractivity contribution in [3.8, 4) is 0 Å². The summed E-state index contributed by atoms with van der Waals surface area (Å²) < 4.78 is 27.1. The first-order valence-electron chi connectivity index (χ1n) is 1.59. The van der Waals surface area contributed by atoms with Crippen molar-refractivity contribution in [2.75, 3.05) is 0 Å². The molecule has 0 rings (SSSR count). The summed E-state index contributed by atoms with van der Waals surface area (Å²) in [6.07, 6.45) is 0. The Kier molecular flexibility index (Phi) is 6.63. The Bertz CT molecular complexity index is 136. The summed E-state index contributed by atoms with van der Waals surface area (Å²) in [6.45, 7) is 0.968. The standard InChI is InChI=1S/C2H6O4S.K.H/c1-2(3)7(4,5)6;;/h2-3H,1H3,(H,4,5,6);;. The molecule has 0 saturated carbocycles. The zero-order valence-electron chi connectivity index (χ0n) is 3.70. The number of hydrogen-bond donors (Lipinski definition) is 2. The quantitative estimate of drug-likeness (QED) is 0.370. The van der Waals surface area contributed by atoms with Crippen LogP contribution in [0.5, 0.6) is 0 Å². The van der Waals surface area contributed by atoms with Gasteiger partial charge in [-0.2, -0.15) is 8.42 Å². The van der Waals surface area contributed by atoms with Crippen molar-refractivity contribution in [3.63, 3.8) is 0 Å². The Morgan fingerprint density at radius 3 is 1.62 bits per heavy atom. The van der Waals surface area contributed by atoms with Gasteiger partial charge in [0.05, 0.1) is 0 Å². The SMILES string of the molecule is CC(O)S(=O)(=O)O.[KH]. The molecule has 8 heavy (non-hydrogen) atoms. The van der Waals surface area contributed by atoms with Crippen LogP contribution >= 0.6 is 0 Å². The third-order valence-electron chi connectivity index (χ3n) is 0.431. The minimum absolute atomic E-state index is 0. The average Bonchev–Trinajstić information content (AvgIpc) is 1.31. The fraction of sp³-hybridized carbons (Fsp3) is 1.00. The van der Waals surface area contributed by atoms with Gasteiger partial charge >= 0.3 is 51.4 Å². The van der Waals surface area contributed by atoms with E-state index in [2.05, 4.69) is 0 Å². The van der Waals surface area contributed by atoms with Crippen molar-refractivity contribution < 1.29 is 18.1 Å². The van der Waals surface area contributed by atoms with Gasteiger partial charge in [0.25, 0.3) is 10.1 Å². The summed E-state index contributed by atoms with van der Waals surface area (Å²) in [5, 5.41) is 8.05. The monoisotopic (exact) mass is 166 g/mol. The van der Waals surface area contributed by atoms with Gasteiger partial charge in [-0.15, -0.1) is 0 Å². The van der Waals surface area contributed by atoms with E-state index in [4.69, 9.17) is 9.66 Å². The molecule has 0 bridgehead atoms. The molecule has 4 nitrogen and oxygen atoms in total. The van der Waals surface area contributed by atoms with Crippen molar-refractivity contribution in [2.45, 2.75) is 12.4 Å². The van der Waals surface area contributed by atoms with Gasteiger partial charge < -0.3 is 5.11 Å². The van der Waals surface area contributed by atoms with E-state index in [1.165, 1.54) is 0 Å². The zero-order chi connectivity index (χ0) is 6.08. The van der Waals surface area contributed by atoms with Crippen LogP contribution in [-0.2, 0) is 10.1 Å². The van der Waals surface area contributed by atoms with Gasteiger partial charge in [0, 0.05) is 0 Å². The maximum atomic E-state index is 9.64. The van der Waals surface area contributed by atoms with Gasteiger partial charge in [-0.05, 0) is 6.92 Å². The van der Waals surface area contributed by atoms with E-state index >= 15 is 0 Å². The van der Waals surface area contributed by atoms with Crippen LogP contribution in [0.3, 0.4) is 0 Å². The van der Waals surface area contributed by atoms with E-state index in [1.807, 2.05) is 0 Å². The molecule has 46 valence electrons. The van der Waals surface area contributed by atoms with Crippen LogP contribution in [0.25, 0.3) is 0 Å². The van der Waals surface area contributed by atoms with Gasteiger partial charge in [0.1, 0.15) is 0 Å². The molecule has 0 saturated heterocycles. The summed E-state index contributed by atoms with van der Waals surface area (Å²) in [4.78, 5) is 0. The van der Waals surface area contributed by atoms with Crippen molar-refractivity contribution in [2.24, 2.45) is 0 Å². The topological polar surface area (TPSA) is 74.6 Å². The molecule has 0 heterocycles. The van der Waals surface area contributed by atoms with Crippen LogP contribution < -0.4 is 0 Å². The molecule has 0 aliphatic heterocycles. The Balaban J connectivity index is 0. The van der Waals surface area contributed by atoms with Gasteiger partial charge in [-0.1, -0.05) is 0 Å². The molecule has 0 aromatic heterocycles. The average molecular weight is 166 g/mol. The van der Waals surface area contributed by atoms with Crippen molar-refractivity contribution in [1.29, 1.82) is 0 Å². The fourth-order valence-corrected chi connectivity index (χ4v) is 0. The molecular formula is C2H7KO4S. The van der Waals surface area contributed by atoms with Crippen LogP contribution in [0.15, 0.2) is 0 Å². The minimum atomic E-state index is -4.19. The molecule has 0 aliphatic rings. The molecular weight excluding hydrogens is 159 g/mol. The number of aliphatic hydroxyl groups excluding tert-OH is 1. The molecule has 0 aliphatic carbocycles. The molecule has 0 aromatic rings. The second kappa shape index (κ2) is 4.34. The molecule has 0 radical (unpaired) electrons. The summed E-state index contributed by atoms with van der Waals surface area (Å²) in [5.74, 6) is 0. The van der Waals surface area contributed by atoms with E-state index < -0.39 is 15.6 Å². The summed E-state index contributed by atoms with van der Waals surface area (Å²) >= 11 is 0. The van der Waals surface area contributed by atoms with Crippen LogP contribution in [-0.4, -0.2) is 74.9 Å². The first-order chi connectivity index (χ1) is 2.94. The first kappa shape index (κ1) is 12.2. The molecule has 1 atom stereocenters. The Morgan fingerprint density at radius 2 is 1.62 bits per heavy atom. The summed E-state index contributed by atoms with van der Waals surface area (Å²) in [7, 11) is -4.19. The van der Waals surface area contributed by atoms with Gasteiger partial charge in [-0.25, -0.2) is 0 Å². The third kappa shape index (κ3) is 5.64.